The van der Waals surface area contributed by atoms with Crippen LogP contribution in [0.4, 0.5) is 0 Å². The Labute approximate surface area is 497 Å². The summed E-state index contributed by atoms with van der Waals surface area (Å²) < 4.78 is 16.9. The summed E-state index contributed by atoms with van der Waals surface area (Å²) in [7, 11) is 0. The summed E-state index contributed by atoms with van der Waals surface area (Å²) in [6.45, 7) is 6.52. The maximum absolute atomic E-state index is 12.9. The van der Waals surface area contributed by atoms with Crippen molar-refractivity contribution in [3.63, 3.8) is 0 Å². The van der Waals surface area contributed by atoms with Gasteiger partial charge in [0.1, 0.15) is 13.2 Å². The molecule has 80 heavy (non-hydrogen) atoms. The molecule has 6 nitrogen and oxygen atoms in total. The maximum atomic E-state index is 12.9. The molecule has 0 saturated carbocycles. The van der Waals surface area contributed by atoms with Gasteiger partial charge in [0.15, 0.2) is 6.10 Å². The molecule has 0 bridgehead atoms. The molecule has 1 atom stereocenters. The second-order valence-corrected chi connectivity index (χ2v) is 23.4. The number of rotatable bonds is 64. The number of carbonyl (C=O) groups is 3. The molecule has 0 rings (SSSR count). The van der Waals surface area contributed by atoms with Crippen molar-refractivity contribution < 1.29 is 28.6 Å². The number of hydrogen-bond donors (Lipinski definition) is 0. The van der Waals surface area contributed by atoms with E-state index < -0.39 is 6.10 Å². The molecule has 0 saturated heterocycles. The number of ether oxygens (including phenoxy) is 3. The third-order valence-corrected chi connectivity index (χ3v) is 15.4. The summed E-state index contributed by atoms with van der Waals surface area (Å²) in [5.74, 6) is -0.935. The van der Waals surface area contributed by atoms with Gasteiger partial charge in [-0.3, -0.25) is 14.4 Å². The van der Waals surface area contributed by atoms with Crippen LogP contribution in [0.1, 0.15) is 361 Å². The molecular formula is C74H132O6. The molecule has 464 valence electrons. The van der Waals surface area contributed by atoms with Crippen molar-refractivity contribution in [1.82, 2.24) is 0 Å². The number of esters is 3. The highest BCUT2D eigenvalue weighted by molar-refractivity contribution is 5.71. The zero-order valence-corrected chi connectivity index (χ0v) is 53.3. The van der Waals surface area contributed by atoms with Crippen LogP contribution >= 0.6 is 0 Å². The first kappa shape index (κ1) is 76.9. The van der Waals surface area contributed by atoms with E-state index in [1.54, 1.807) is 0 Å². The molecule has 6 heteroatoms. The fourth-order valence-corrected chi connectivity index (χ4v) is 10.2. The van der Waals surface area contributed by atoms with Crippen LogP contribution in [-0.2, 0) is 28.6 Å². The van der Waals surface area contributed by atoms with E-state index in [9.17, 15) is 14.4 Å². The first-order valence-electron chi connectivity index (χ1n) is 34.9. The van der Waals surface area contributed by atoms with Crippen molar-refractivity contribution in [2.45, 2.75) is 367 Å². The van der Waals surface area contributed by atoms with E-state index in [4.69, 9.17) is 14.2 Å². The van der Waals surface area contributed by atoms with Crippen LogP contribution in [-0.4, -0.2) is 37.2 Å². The third-order valence-electron chi connectivity index (χ3n) is 15.4. The van der Waals surface area contributed by atoms with E-state index in [1.165, 1.54) is 238 Å². The van der Waals surface area contributed by atoms with E-state index in [-0.39, 0.29) is 37.5 Å². The van der Waals surface area contributed by atoms with Crippen molar-refractivity contribution in [1.29, 1.82) is 0 Å². The average molecular weight is 1120 g/mol. The fraction of sp³-hybridized carbons (Fsp3) is 0.797. The van der Waals surface area contributed by atoms with Crippen molar-refractivity contribution in [3.8, 4) is 0 Å². The second kappa shape index (κ2) is 68.3. The molecule has 0 aliphatic heterocycles. The minimum atomic E-state index is -0.803. The Kier molecular flexibility index (Phi) is 65.7. The molecule has 0 aromatic rings. The van der Waals surface area contributed by atoms with Gasteiger partial charge in [-0.1, -0.05) is 331 Å². The van der Waals surface area contributed by atoms with E-state index in [0.717, 1.165) is 77.0 Å². The van der Waals surface area contributed by atoms with Crippen LogP contribution < -0.4 is 0 Å². The van der Waals surface area contributed by atoms with Gasteiger partial charge in [0.2, 0.25) is 0 Å². The minimum Gasteiger partial charge on any atom is -0.462 e. The van der Waals surface area contributed by atoms with E-state index >= 15 is 0 Å². The Bertz CT molecular complexity index is 1470. The lowest BCUT2D eigenvalue weighted by Crippen LogP contribution is -2.30. The lowest BCUT2D eigenvalue weighted by molar-refractivity contribution is -0.167. The van der Waals surface area contributed by atoms with E-state index in [0.29, 0.717) is 19.3 Å². The fourth-order valence-electron chi connectivity index (χ4n) is 10.2. The molecule has 0 fully saturated rings. The van der Waals surface area contributed by atoms with Gasteiger partial charge in [-0.25, -0.2) is 0 Å². The first-order valence-corrected chi connectivity index (χ1v) is 34.9. The van der Waals surface area contributed by atoms with E-state index in [2.05, 4.69) is 93.7 Å². The SMILES string of the molecule is CC/C=C\C/C=C\C/C=C\C/C=C\C/C=C\CCCC(=O)OC(COC(=O)CCCCCCCCCCCCCC)COC(=O)CCCCCCCCCCCCCCCCCCCCCCC/C=C\CCCCCCCCCC. The highest BCUT2D eigenvalue weighted by Crippen LogP contribution is 2.18. The lowest BCUT2D eigenvalue weighted by atomic mass is 10.0. The number of allylic oxidation sites excluding steroid dienone is 12. The van der Waals surface area contributed by atoms with Crippen molar-refractivity contribution >= 4 is 17.9 Å². The monoisotopic (exact) mass is 1120 g/mol. The number of carbonyl (C=O) groups excluding carboxylic acids is 3. The van der Waals surface area contributed by atoms with Crippen molar-refractivity contribution in [2.75, 3.05) is 13.2 Å². The topological polar surface area (TPSA) is 78.9 Å². The molecule has 0 aliphatic rings. The summed E-state index contributed by atoms with van der Waals surface area (Å²) in [4.78, 5) is 38.3. The molecule has 0 aromatic carbocycles. The first-order chi connectivity index (χ1) is 39.5. The van der Waals surface area contributed by atoms with Crippen LogP contribution in [0.3, 0.4) is 0 Å². The van der Waals surface area contributed by atoms with Gasteiger partial charge in [-0.2, -0.15) is 0 Å². The number of unbranched alkanes of at least 4 members (excludes halogenated alkanes) is 41. The Hall–Kier alpha value is -3.15. The summed E-state index contributed by atoms with van der Waals surface area (Å²) in [5.41, 5.74) is 0. The number of hydrogen-bond acceptors (Lipinski definition) is 6. The van der Waals surface area contributed by atoms with Crippen LogP contribution in [0.2, 0.25) is 0 Å². The highest BCUT2D eigenvalue weighted by atomic mass is 16.6. The van der Waals surface area contributed by atoms with Crippen molar-refractivity contribution in [3.05, 3.63) is 72.9 Å². The second-order valence-electron chi connectivity index (χ2n) is 23.4. The summed E-state index contributed by atoms with van der Waals surface area (Å²) in [6, 6.07) is 0. The van der Waals surface area contributed by atoms with Gasteiger partial charge in [-0.05, 0) is 83.5 Å². The Morgan fingerprint density at radius 1 is 0.263 bits per heavy atom. The Morgan fingerprint density at radius 2 is 0.500 bits per heavy atom. The normalized spacial score (nSPS) is 12.5. The van der Waals surface area contributed by atoms with Crippen LogP contribution in [0.15, 0.2) is 72.9 Å². The van der Waals surface area contributed by atoms with Crippen LogP contribution in [0, 0.1) is 0 Å². The Balaban J connectivity index is 4.15. The predicted octanol–water partition coefficient (Wildman–Crippen LogP) is 24.1. The molecule has 0 aliphatic carbocycles. The quantitative estimate of drug-likeness (QED) is 0.0261. The van der Waals surface area contributed by atoms with Crippen LogP contribution in [0.5, 0.6) is 0 Å². The van der Waals surface area contributed by atoms with Gasteiger partial charge in [0.25, 0.3) is 0 Å². The summed E-state index contributed by atoms with van der Waals surface area (Å²) in [5, 5.41) is 0. The average Bonchev–Trinajstić information content (AvgIpc) is 3.46. The molecule has 0 heterocycles. The maximum Gasteiger partial charge on any atom is 0.306 e. The zero-order chi connectivity index (χ0) is 57.8. The Morgan fingerprint density at radius 3 is 0.812 bits per heavy atom. The van der Waals surface area contributed by atoms with E-state index in [1.807, 2.05) is 0 Å². The summed E-state index contributed by atoms with van der Waals surface area (Å²) >= 11 is 0. The summed E-state index contributed by atoms with van der Waals surface area (Å²) in [6.07, 6.45) is 89.6. The molecule has 1 unspecified atom stereocenters. The minimum absolute atomic E-state index is 0.0937. The molecule has 0 radical (unpaired) electrons. The van der Waals surface area contributed by atoms with Gasteiger partial charge in [0.05, 0.1) is 0 Å². The van der Waals surface area contributed by atoms with Crippen molar-refractivity contribution in [2.24, 2.45) is 0 Å². The smallest absolute Gasteiger partial charge is 0.306 e. The largest absolute Gasteiger partial charge is 0.462 e. The third kappa shape index (κ3) is 65.7. The molecule has 0 N–H and O–H groups in total. The van der Waals surface area contributed by atoms with Crippen LogP contribution in [0.25, 0.3) is 0 Å². The van der Waals surface area contributed by atoms with Gasteiger partial charge >= 0.3 is 17.9 Å². The molecule has 0 amide bonds. The zero-order valence-electron chi connectivity index (χ0n) is 53.3. The van der Waals surface area contributed by atoms with Gasteiger partial charge < -0.3 is 14.2 Å². The molecular weight excluding hydrogens is 985 g/mol. The molecule has 0 aromatic heterocycles. The highest BCUT2D eigenvalue weighted by Gasteiger charge is 2.19. The lowest BCUT2D eigenvalue weighted by Gasteiger charge is -2.18. The van der Waals surface area contributed by atoms with Gasteiger partial charge in [-0.15, -0.1) is 0 Å². The standard InChI is InChI=1S/C74H132O6/c1-4-7-10-13-16-19-22-25-27-29-30-31-32-33-34-35-36-37-38-39-40-41-42-43-44-46-47-49-52-55-58-61-64-67-73(76)79-70-71(69-78-72(75)66-63-60-57-54-51-24-21-18-15-12-9-6-3)80-74(77)68-65-62-59-56-53-50-48-45-28-26-23-20-17-14-11-8-5-2/h8,11,17,20,26,28-30,48,50,56,59,71H,4-7,9-10,12-16,18-19,21-25,27,31-47,49,51-55,57-58,60-70H2,1-3H3/b11-8-,20-17-,28-26-,30-29-,50-48-,59-56-. The molecule has 0 spiro atoms. The van der Waals surface area contributed by atoms with Gasteiger partial charge in [0, 0.05) is 19.3 Å². The predicted molar refractivity (Wildman–Crippen MR) is 348 cm³/mol.